The number of ether oxygens (including phenoxy) is 1. The van der Waals surface area contributed by atoms with Gasteiger partial charge in [-0.3, -0.25) is 9.84 Å². The smallest absolute Gasteiger partial charge is 0.385 e. The average molecular weight is 549 g/mol. The Morgan fingerprint density at radius 1 is 0.919 bits per heavy atom. The van der Waals surface area contributed by atoms with Gasteiger partial charge in [-0.05, 0) is 30.9 Å². The average Bonchev–Trinajstić information content (AvgIpc) is 3.08. The molecule has 214 valence electrons. The van der Waals surface area contributed by atoms with Gasteiger partial charge >= 0.3 is 7.82 Å². The van der Waals surface area contributed by atoms with Crippen LogP contribution in [0, 0.1) is 17.3 Å². The largest absolute Gasteiger partial charge is 0.472 e. The maximum atomic E-state index is 11.5. The van der Waals surface area contributed by atoms with E-state index in [1.54, 1.807) is 11.1 Å². The van der Waals surface area contributed by atoms with Crippen LogP contribution in [0.25, 0.3) is 0 Å². The third-order valence-corrected chi connectivity index (χ3v) is 9.90. The summed E-state index contributed by atoms with van der Waals surface area (Å²) >= 11 is 0. The van der Waals surface area contributed by atoms with Crippen molar-refractivity contribution in [2.75, 3.05) is 0 Å². The van der Waals surface area contributed by atoms with Crippen molar-refractivity contribution in [2.45, 2.75) is 127 Å². The Balaban J connectivity index is 1.69. The Bertz CT molecular complexity index is 858. The molecule has 0 aromatic carbocycles. The lowest BCUT2D eigenvalue weighted by molar-refractivity contribution is -0.242. The Kier molecular flexibility index (Phi) is 9.13. The topological polar surface area (TPSA) is 172 Å². The minimum atomic E-state index is -5.00. The number of nitrogens with one attached hydrogen (secondary N) is 1. The molecule has 3 heterocycles. The second kappa shape index (κ2) is 11.5. The molecule has 37 heavy (non-hydrogen) atoms. The number of hydrogen-bond donors (Lipinski definition) is 7. The van der Waals surface area contributed by atoms with Crippen LogP contribution in [0.1, 0.15) is 84.5 Å². The molecule has 11 nitrogen and oxygen atoms in total. The minimum absolute atomic E-state index is 0.269. The van der Waals surface area contributed by atoms with Gasteiger partial charge in [-0.25, -0.2) is 4.57 Å². The van der Waals surface area contributed by atoms with Crippen LogP contribution in [0.5, 0.6) is 0 Å². The molecule has 12 heteroatoms. The Labute approximate surface area is 219 Å². The fourth-order valence-corrected chi connectivity index (χ4v) is 7.61. The summed E-state index contributed by atoms with van der Waals surface area (Å²) in [5.74, 6) is 0.425. The molecular formula is C25H45N2O9P. The summed E-state index contributed by atoms with van der Waals surface area (Å²) in [5, 5.41) is 47.0. The summed E-state index contributed by atoms with van der Waals surface area (Å²) in [6, 6.07) is 0. The molecule has 1 saturated carbocycles. The Morgan fingerprint density at radius 2 is 1.54 bits per heavy atom. The highest BCUT2D eigenvalue weighted by Gasteiger charge is 2.65. The molecule has 7 N–H and O–H groups in total. The van der Waals surface area contributed by atoms with Crippen molar-refractivity contribution in [3.05, 3.63) is 12.3 Å². The number of nitrogens with zero attached hydrogens (tertiary/aromatic N) is 1. The van der Waals surface area contributed by atoms with Gasteiger partial charge in [0.2, 0.25) is 0 Å². The normalized spacial score (nSPS) is 46.3. The summed E-state index contributed by atoms with van der Waals surface area (Å²) in [5.41, 5.74) is -1.67. The number of aliphatic hydroxyl groups is 4. The minimum Gasteiger partial charge on any atom is -0.385 e. The van der Waals surface area contributed by atoms with Crippen LogP contribution in [0.3, 0.4) is 0 Å². The zero-order valence-electron chi connectivity index (χ0n) is 21.9. The Morgan fingerprint density at radius 3 is 2.22 bits per heavy atom. The number of aliphatic hydroxyl groups excluding tert-OH is 4. The van der Waals surface area contributed by atoms with Crippen LogP contribution < -0.4 is 5.32 Å². The van der Waals surface area contributed by atoms with E-state index in [9.17, 15) is 34.8 Å². The number of hydrogen-bond acceptors (Lipinski definition) is 9. The first-order valence-corrected chi connectivity index (χ1v) is 15.3. The molecule has 1 aliphatic carbocycles. The van der Waals surface area contributed by atoms with Crippen LogP contribution in [-0.2, 0) is 13.8 Å². The first-order chi connectivity index (χ1) is 17.4. The number of rotatable bonds is 3. The van der Waals surface area contributed by atoms with Gasteiger partial charge < -0.3 is 39.8 Å². The van der Waals surface area contributed by atoms with Crippen molar-refractivity contribution >= 4 is 7.82 Å². The molecule has 2 saturated heterocycles. The predicted octanol–water partition coefficient (Wildman–Crippen LogP) is 1.87. The van der Waals surface area contributed by atoms with Crippen molar-refractivity contribution in [2.24, 2.45) is 17.3 Å². The van der Waals surface area contributed by atoms with E-state index in [0.29, 0.717) is 12.3 Å². The van der Waals surface area contributed by atoms with Crippen molar-refractivity contribution in [3.8, 4) is 0 Å². The summed E-state index contributed by atoms with van der Waals surface area (Å²) in [7, 11) is -5.00. The summed E-state index contributed by atoms with van der Waals surface area (Å²) < 4.78 is 21.7. The van der Waals surface area contributed by atoms with Crippen molar-refractivity contribution in [1.82, 2.24) is 10.2 Å². The zero-order chi connectivity index (χ0) is 27.0. The van der Waals surface area contributed by atoms with Crippen LogP contribution in [-0.4, -0.2) is 77.8 Å². The van der Waals surface area contributed by atoms with Crippen molar-refractivity contribution in [3.63, 3.8) is 0 Å². The lowest BCUT2D eigenvalue weighted by Crippen LogP contribution is -2.78. The Hall–Kier alpha value is -0.590. The van der Waals surface area contributed by atoms with E-state index in [-0.39, 0.29) is 5.92 Å². The lowest BCUT2D eigenvalue weighted by Gasteiger charge is -2.64. The monoisotopic (exact) mass is 548 g/mol. The fraction of sp³-hybridized carbons (Fsp3) is 0.920. The first-order valence-electron chi connectivity index (χ1n) is 13.8. The van der Waals surface area contributed by atoms with Gasteiger partial charge in [0.05, 0.1) is 5.54 Å². The first kappa shape index (κ1) is 29.4. The summed E-state index contributed by atoms with van der Waals surface area (Å²) in [6.45, 7) is 4.32. The number of piperidine rings is 1. The predicted molar refractivity (Wildman–Crippen MR) is 134 cm³/mol. The SMILES string of the molecule is CC1CCCCCCC23C(O)NC(O)C(C=CN2C2OC(OP(=O)(O)O)C(O)C2O)(CCCCC1)C3C. The third kappa shape index (κ3) is 5.68. The molecule has 0 spiro atoms. The van der Waals surface area contributed by atoms with E-state index in [1.807, 2.05) is 13.0 Å². The highest BCUT2D eigenvalue weighted by atomic mass is 31.2. The summed E-state index contributed by atoms with van der Waals surface area (Å²) in [6.07, 6.45) is 5.99. The van der Waals surface area contributed by atoms with Crippen LogP contribution >= 0.6 is 7.82 Å². The molecule has 3 aliphatic heterocycles. The number of phosphoric ester groups is 1. The standard InChI is InChI=1S/C25H45N2O9P/c1-16-10-6-3-4-9-13-25-17(2)24(12-8-5-7-11-16,22(30)26-23(25)31)14-15-27(25)20-18(28)19(29)21(35-20)36-37(32,33)34/h14-23,26,28-31H,3-13H2,1-2H3,(H2,32,33,34). The third-order valence-electron chi connectivity index (χ3n) is 9.42. The van der Waals surface area contributed by atoms with Crippen LogP contribution in [0.4, 0.5) is 0 Å². The highest BCUT2D eigenvalue weighted by molar-refractivity contribution is 7.46. The van der Waals surface area contributed by atoms with E-state index >= 15 is 0 Å². The maximum Gasteiger partial charge on any atom is 0.472 e. The molecule has 0 amide bonds. The van der Waals surface area contributed by atoms with Gasteiger partial charge in [-0.15, -0.1) is 0 Å². The van der Waals surface area contributed by atoms with E-state index in [1.165, 1.54) is 12.8 Å². The fourth-order valence-electron chi connectivity index (χ4n) is 7.17. The highest BCUT2D eigenvalue weighted by Crippen LogP contribution is 2.56. The van der Waals surface area contributed by atoms with Gasteiger partial charge in [0.25, 0.3) is 0 Å². The van der Waals surface area contributed by atoms with Gasteiger partial charge in [-0.1, -0.05) is 77.7 Å². The molecule has 3 fully saturated rings. The van der Waals surface area contributed by atoms with E-state index in [4.69, 9.17) is 4.74 Å². The molecule has 0 radical (unpaired) electrons. The molecule has 4 rings (SSSR count). The van der Waals surface area contributed by atoms with Gasteiger partial charge in [-0.2, -0.15) is 0 Å². The van der Waals surface area contributed by atoms with Gasteiger partial charge in [0.15, 0.2) is 12.5 Å². The maximum absolute atomic E-state index is 11.5. The zero-order valence-corrected chi connectivity index (χ0v) is 22.7. The second-order valence-electron chi connectivity index (χ2n) is 11.6. The quantitative estimate of drug-likeness (QED) is 0.257. The van der Waals surface area contributed by atoms with Crippen LogP contribution in [0.2, 0.25) is 0 Å². The lowest BCUT2D eigenvalue weighted by atomic mass is 9.56. The molecule has 4 aliphatic rings. The molecule has 10 unspecified atom stereocenters. The molecule has 2 bridgehead atoms. The molecule has 0 aromatic heterocycles. The van der Waals surface area contributed by atoms with Gasteiger partial charge in [0, 0.05) is 5.41 Å². The van der Waals surface area contributed by atoms with Crippen molar-refractivity contribution < 1.29 is 44.0 Å². The summed E-state index contributed by atoms with van der Waals surface area (Å²) in [4.78, 5) is 20.2. The second-order valence-corrected chi connectivity index (χ2v) is 12.8. The van der Waals surface area contributed by atoms with Gasteiger partial charge in [0.1, 0.15) is 24.7 Å². The van der Waals surface area contributed by atoms with Crippen molar-refractivity contribution in [1.29, 1.82) is 0 Å². The van der Waals surface area contributed by atoms with E-state index in [2.05, 4.69) is 16.8 Å². The molecule has 10 atom stereocenters. The van der Waals surface area contributed by atoms with E-state index < -0.39 is 56.0 Å². The molecular weight excluding hydrogens is 503 g/mol. The number of phosphoric acid groups is 1. The van der Waals surface area contributed by atoms with Crippen LogP contribution in [0.15, 0.2) is 12.3 Å². The van der Waals surface area contributed by atoms with E-state index in [0.717, 1.165) is 51.4 Å². The molecule has 0 aromatic rings.